The number of benzene rings is 2. The lowest BCUT2D eigenvalue weighted by Gasteiger charge is -2.22. The van der Waals surface area contributed by atoms with Crippen LogP contribution in [0.3, 0.4) is 0 Å². The van der Waals surface area contributed by atoms with Crippen molar-refractivity contribution in [1.82, 2.24) is 9.97 Å². The molecule has 0 aliphatic carbocycles. The van der Waals surface area contributed by atoms with Crippen molar-refractivity contribution in [1.29, 1.82) is 0 Å². The van der Waals surface area contributed by atoms with Gasteiger partial charge < -0.3 is 14.6 Å². The Bertz CT molecular complexity index is 849. The summed E-state index contributed by atoms with van der Waals surface area (Å²) in [5.74, 6) is -0.296. The zero-order valence-electron chi connectivity index (χ0n) is 13.8. The highest BCUT2D eigenvalue weighted by Crippen LogP contribution is 2.24. The van der Waals surface area contributed by atoms with Gasteiger partial charge in [-0.15, -0.1) is 0 Å². The molecule has 1 aromatic heterocycles. The van der Waals surface area contributed by atoms with Gasteiger partial charge in [-0.3, -0.25) is 4.79 Å². The molecule has 0 saturated heterocycles. The Morgan fingerprint density at radius 1 is 1.24 bits per heavy atom. The van der Waals surface area contributed by atoms with Crippen molar-refractivity contribution in [2.24, 2.45) is 0 Å². The molecule has 0 aliphatic heterocycles. The summed E-state index contributed by atoms with van der Waals surface area (Å²) in [6.45, 7) is 2.60. The van der Waals surface area contributed by atoms with Crippen molar-refractivity contribution in [3.8, 4) is 5.75 Å². The first-order valence-corrected chi connectivity index (χ1v) is 7.95. The predicted octanol–water partition coefficient (Wildman–Crippen LogP) is 3.79. The molecule has 0 unspecified atom stereocenters. The van der Waals surface area contributed by atoms with E-state index in [1.54, 1.807) is 48.9 Å². The summed E-state index contributed by atoms with van der Waals surface area (Å²) in [4.78, 5) is 21.1. The van der Waals surface area contributed by atoms with Crippen molar-refractivity contribution in [2.45, 2.75) is 13.5 Å². The van der Waals surface area contributed by atoms with E-state index >= 15 is 0 Å². The number of H-pyrrole nitrogens is 1. The molecule has 2 aromatic carbocycles. The molecule has 5 nitrogen and oxygen atoms in total. The summed E-state index contributed by atoms with van der Waals surface area (Å²) in [6, 6.07) is 13.1. The van der Waals surface area contributed by atoms with E-state index in [4.69, 9.17) is 4.74 Å². The maximum absolute atomic E-state index is 13.9. The van der Waals surface area contributed by atoms with Crippen LogP contribution in [-0.2, 0) is 6.61 Å². The lowest BCUT2D eigenvalue weighted by atomic mass is 10.1. The van der Waals surface area contributed by atoms with Crippen LogP contribution < -0.4 is 9.64 Å². The maximum Gasteiger partial charge on any atom is 0.261 e. The predicted molar refractivity (Wildman–Crippen MR) is 93.1 cm³/mol. The Morgan fingerprint density at radius 3 is 2.80 bits per heavy atom. The number of carbonyl (C=O) groups excluding carboxylic acids is 1. The Hall–Kier alpha value is -3.15. The number of nitrogens with one attached hydrogen (secondary N) is 1. The first-order valence-electron chi connectivity index (χ1n) is 7.95. The number of hydrogen-bond donors (Lipinski definition) is 1. The largest absolute Gasteiger partial charge is 0.487 e. The van der Waals surface area contributed by atoms with Crippen molar-refractivity contribution in [3.63, 3.8) is 0 Å². The number of halogens is 1. The topological polar surface area (TPSA) is 58.2 Å². The third-order valence-corrected chi connectivity index (χ3v) is 3.74. The van der Waals surface area contributed by atoms with Crippen molar-refractivity contribution < 1.29 is 13.9 Å². The Morgan fingerprint density at radius 2 is 2.08 bits per heavy atom. The summed E-state index contributed by atoms with van der Waals surface area (Å²) in [5, 5.41) is 0. The van der Waals surface area contributed by atoms with Crippen LogP contribution in [0.25, 0.3) is 0 Å². The van der Waals surface area contributed by atoms with Gasteiger partial charge in [0.1, 0.15) is 18.2 Å². The Balaban J connectivity index is 1.80. The number of imidazole rings is 1. The van der Waals surface area contributed by atoms with Crippen LogP contribution in [-0.4, -0.2) is 22.4 Å². The van der Waals surface area contributed by atoms with E-state index in [2.05, 4.69) is 9.97 Å². The molecule has 0 radical (unpaired) electrons. The maximum atomic E-state index is 13.9. The molecule has 1 N–H and O–H groups in total. The van der Waals surface area contributed by atoms with Gasteiger partial charge in [-0.2, -0.15) is 0 Å². The first kappa shape index (κ1) is 16.7. The molecule has 0 atom stereocenters. The minimum Gasteiger partial charge on any atom is -0.487 e. The number of carbonyl (C=O) groups is 1. The number of ether oxygens (including phenoxy) is 1. The highest BCUT2D eigenvalue weighted by molar-refractivity contribution is 6.06. The molecule has 6 heteroatoms. The van der Waals surface area contributed by atoms with Crippen LogP contribution in [0, 0.1) is 5.82 Å². The lowest BCUT2D eigenvalue weighted by Crippen LogP contribution is -2.31. The monoisotopic (exact) mass is 339 g/mol. The van der Waals surface area contributed by atoms with Gasteiger partial charge >= 0.3 is 0 Å². The van der Waals surface area contributed by atoms with E-state index in [1.165, 1.54) is 17.0 Å². The third kappa shape index (κ3) is 3.85. The molecule has 1 amide bonds. The zero-order chi connectivity index (χ0) is 17.6. The van der Waals surface area contributed by atoms with Crippen LogP contribution in [0.15, 0.2) is 61.1 Å². The van der Waals surface area contributed by atoms with Gasteiger partial charge in [0.05, 0.1) is 23.8 Å². The number of nitrogens with zero attached hydrogens (tertiary/aromatic N) is 2. The number of rotatable bonds is 6. The van der Waals surface area contributed by atoms with E-state index < -0.39 is 5.82 Å². The van der Waals surface area contributed by atoms with Crippen LogP contribution in [0.1, 0.15) is 23.0 Å². The smallest absolute Gasteiger partial charge is 0.261 e. The molecule has 0 spiro atoms. The van der Waals surface area contributed by atoms with Crippen LogP contribution >= 0.6 is 0 Å². The fourth-order valence-corrected chi connectivity index (χ4v) is 2.49. The highest BCUT2D eigenvalue weighted by Gasteiger charge is 2.19. The molecule has 128 valence electrons. The van der Waals surface area contributed by atoms with E-state index in [0.717, 1.165) is 5.69 Å². The summed E-state index contributed by atoms with van der Waals surface area (Å²) in [7, 11) is 0. The second-order valence-electron chi connectivity index (χ2n) is 5.39. The summed E-state index contributed by atoms with van der Waals surface area (Å²) in [5.41, 5.74) is 1.55. The van der Waals surface area contributed by atoms with Crippen LogP contribution in [0.2, 0.25) is 0 Å². The highest BCUT2D eigenvalue weighted by atomic mass is 19.1. The molecular weight excluding hydrogens is 321 g/mol. The van der Waals surface area contributed by atoms with Gasteiger partial charge in [0.25, 0.3) is 5.91 Å². The quantitative estimate of drug-likeness (QED) is 0.743. The third-order valence-electron chi connectivity index (χ3n) is 3.74. The summed E-state index contributed by atoms with van der Waals surface area (Å²) < 4.78 is 19.6. The van der Waals surface area contributed by atoms with Gasteiger partial charge in [-0.05, 0) is 31.2 Å². The second kappa shape index (κ2) is 7.61. The number of aromatic nitrogens is 2. The van der Waals surface area contributed by atoms with E-state index in [1.807, 2.05) is 6.92 Å². The number of aromatic amines is 1. The number of hydrogen-bond acceptors (Lipinski definition) is 3. The fraction of sp³-hybridized carbons (Fsp3) is 0.158. The normalized spacial score (nSPS) is 10.5. The summed E-state index contributed by atoms with van der Waals surface area (Å²) >= 11 is 0. The zero-order valence-corrected chi connectivity index (χ0v) is 13.8. The molecule has 0 bridgehead atoms. The van der Waals surface area contributed by atoms with Crippen molar-refractivity contribution >= 4 is 11.6 Å². The molecule has 1 heterocycles. The minimum absolute atomic E-state index is 0.0492. The minimum atomic E-state index is -0.530. The van der Waals surface area contributed by atoms with Gasteiger partial charge in [-0.25, -0.2) is 9.37 Å². The van der Waals surface area contributed by atoms with Crippen LogP contribution in [0.5, 0.6) is 5.75 Å². The van der Waals surface area contributed by atoms with Crippen molar-refractivity contribution in [3.05, 3.63) is 78.1 Å². The molecule has 0 saturated carbocycles. The van der Waals surface area contributed by atoms with Gasteiger partial charge in [0.15, 0.2) is 0 Å². The molecule has 25 heavy (non-hydrogen) atoms. The van der Waals surface area contributed by atoms with Gasteiger partial charge in [-0.1, -0.05) is 18.2 Å². The van der Waals surface area contributed by atoms with Gasteiger partial charge in [0.2, 0.25) is 0 Å². The Kier molecular flexibility index (Phi) is 5.09. The van der Waals surface area contributed by atoms with Crippen LogP contribution in [0.4, 0.5) is 10.1 Å². The molecule has 3 aromatic rings. The first-order chi connectivity index (χ1) is 12.2. The molecule has 0 aliphatic rings. The molecule has 3 rings (SSSR count). The standard InChI is InChI=1S/C19H18FN3O2/c1-2-23(19(24)17-8-3-4-9-18(17)20)15-6-5-7-16(10-15)25-12-14-11-21-13-22-14/h3-11,13H,2,12H2,1H3,(H,21,22). The average Bonchev–Trinajstić information content (AvgIpc) is 3.15. The fourth-order valence-electron chi connectivity index (χ4n) is 2.49. The van der Waals surface area contributed by atoms with E-state index in [9.17, 15) is 9.18 Å². The van der Waals surface area contributed by atoms with E-state index in [-0.39, 0.29) is 11.5 Å². The lowest BCUT2D eigenvalue weighted by molar-refractivity contribution is 0.0984. The average molecular weight is 339 g/mol. The Labute approximate surface area is 145 Å². The number of amides is 1. The van der Waals surface area contributed by atoms with E-state index in [0.29, 0.717) is 24.6 Å². The second-order valence-corrected chi connectivity index (χ2v) is 5.39. The SMILES string of the molecule is CCN(C(=O)c1ccccc1F)c1cccc(OCc2cnc[nH]2)c1. The number of anilines is 1. The molecule has 0 fully saturated rings. The molecular formula is C19H18FN3O2. The summed E-state index contributed by atoms with van der Waals surface area (Å²) in [6.07, 6.45) is 3.27. The van der Waals surface area contributed by atoms with Gasteiger partial charge in [0, 0.05) is 18.3 Å². The van der Waals surface area contributed by atoms with Crippen molar-refractivity contribution in [2.75, 3.05) is 11.4 Å².